The van der Waals surface area contributed by atoms with E-state index in [4.69, 9.17) is 5.73 Å². The molecular weight excluding hydrogens is 236 g/mol. The average Bonchev–Trinajstić information content (AvgIpc) is 2.12. The minimum absolute atomic E-state index is 0.138. The van der Waals surface area contributed by atoms with E-state index in [9.17, 15) is 8.42 Å². The van der Waals surface area contributed by atoms with Crippen LogP contribution in [0.1, 0.15) is 30.5 Å². The molecule has 0 aromatic heterocycles. The van der Waals surface area contributed by atoms with Gasteiger partial charge in [0.05, 0.1) is 4.90 Å². The molecule has 17 heavy (non-hydrogen) atoms. The van der Waals surface area contributed by atoms with Crippen LogP contribution in [0.2, 0.25) is 0 Å². The molecule has 4 nitrogen and oxygen atoms in total. The van der Waals surface area contributed by atoms with Crippen molar-refractivity contribution in [3.63, 3.8) is 0 Å². The second kappa shape index (κ2) is 4.66. The molecule has 0 saturated heterocycles. The van der Waals surface area contributed by atoms with Gasteiger partial charge in [0.2, 0.25) is 10.0 Å². The smallest absolute Gasteiger partial charge is 0.241 e. The topological polar surface area (TPSA) is 72.2 Å². The molecule has 0 fully saturated rings. The maximum atomic E-state index is 12.2. The Morgan fingerprint density at radius 3 is 2.18 bits per heavy atom. The molecule has 1 aromatic carbocycles. The van der Waals surface area contributed by atoms with Crippen molar-refractivity contribution >= 4 is 15.7 Å². The summed E-state index contributed by atoms with van der Waals surface area (Å²) in [5.74, 6) is 0. The minimum Gasteiger partial charge on any atom is -0.398 e. The predicted molar refractivity (Wildman–Crippen MR) is 70.5 cm³/mol. The zero-order valence-corrected chi connectivity index (χ0v) is 11.8. The molecule has 0 heterocycles. The lowest BCUT2D eigenvalue weighted by Gasteiger charge is -2.17. The van der Waals surface area contributed by atoms with E-state index in [1.54, 1.807) is 33.8 Å². The Bertz CT molecular complexity index is 508. The lowest BCUT2D eigenvalue weighted by Crippen LogP contribution is -2.31. The van der Waals surface area contributed by atoms with Crippen molar-refractivity contribution in [3.8, 4) is 0 Å². The normalized spacial score (nSPS) is 12.1. The average molecular weight is 256 g/mol. The van der Waals surface area contributed by atoms with E-state index in [1.165, 1.54) is 0 Å². The van der Waals surface area contributed by atoms with Crippen LogP contribution in [-0.2, 0) is 10.0 Å². The fourth-order valence-corrected chi connectivity index (χ4v) is 3.64. The first-order valence-corrected chi connectivity index (χ1v) is 7.03. The lowest BCUT2D eigenvalue weighted by molar-refractivity contribution is 0.568. The molecule has 0 unspecified atom stereocenters. The number of anilines is 1. The second-order valence-corrected chi connectivity index (χ2v) is 6.29. The van der Waals surface area contributed by atoms with Gasteiger partial charge in [0.25, 0.3) is 0 Å². The maximum absolute atomic E-state index is 12.2. The van der Waals surface area contributed by atoms with Crippen LogP contribution in [0, 0.1) is 20.8 Å². The molecule has 0 spiro atoms. The van der Waals surface area contributed by atoms with E-state index < -0.39 is 10.0 Å². The van der Waals surface area contributed by atoms with Crippen molar-refractivity contribution in [2.75, 3.05) is 5.73 Å². The zero-order chi connectivity index (χ0) is 13.4. The summed E-state index contributed by atoms with van der Waals surface area (Å²) in [6, 6.07) is 1.67. The highest BCUT2D eigenvalue weighted by atomic mass is 32.2. The number of nitrogens with two attached hydrogens (primary N) is 1. The van der Waals surface area contributed by atoms with Crippen LogP contribution in [0.25, 0.3) is 0 Å². The summed E-state index contributed by atoms with van der Waals surface area (Å²) in [4.78, 5) is 0.309. The van der Waals surface area contributed by atoms with Gasteiger partial charge >= 0.3 is 0 Å². The highest BCUT2D eigenvalue weighted by Crippen LogP contribution is 2.27. The molecule has 0 aliphatic rings. The van der Waals surface area contributed by atoms with Crippen molar-refractivity contribution < 1.29 is 8.42 Å². The SMILES string of the molecule is Cc1cc(N)c(C)c(S(=O)(=O)NC(C)C)c1C. The molecule has 5 heteroatoms. The number of nitrogen functional groups attached to an aromatic ring is 1. The predicted octanol–water partition coefficient (Wildman–Crippen LogP) is 1.88. The Hall–Kier alpha value is -1.07. The van der Waals surface area contributed by atoms with E-state index in [2.05, 4.69) is 4.72 Å². The molecule has 1 rings (SSSR count). The Kier molecular flexibility index (Phi) is 3.84. The number of nitrogens with one attached hydrogen (secondary N) is 1. The maximum Gasteiger partial charge on any atom is 0.241 e. The number of sulfonamides is 1. The monoisotopic (exact) mass is 256 g/mol. The Morgan fingerprint density at radius 1 is 1.18 bits per heavy atom. The number of benzene rings is 1. The van der Waals surface area contributed by atoms with Crippen LogP contribution in [0.4, 0.5) is 5.69 Å². The molecule has 0 saturated carbocycles. The van der Waals surface area contributed by atoms with E-state index in [1.807, 2.05) is 6.92 Å². The molecule has 0 bridgehead atoms. The van der Waals surface area contributed by atoms with Gasteiger partial charge in [-0.15, -0.1) is 0 Å². The third-order valence-corrected chi connectivity index (χ3v) is 4.67. The van der Waals surface area contributed by atoms with Crippen molar-refractivity contribution in [3.05, 3.63) is 22.8 Å². The van der Waals surface area contributed by atoms with Gasteiger partial charge < -0.3 is 5.73 Å². The summed E-state index contributed by atoms with van der Waals surface area (Å²) in [5.41, 5.74) is 8.59. The molecule has 0 aliphatic heterocycles. The summed E-state index contributed by atoms with van der Waals surface area (Å²) in [6.07, 6.45) is 0. The third kappa shape index (κ3) is 2.79. The van der Waals surface area contributed by atoms with Gasteiger partial charge in [0.1, 0.15) is 0 Å². The molecular formula is C12H20N2O2S. The molecule has 1 aromatic rings. The van der Waals surface area contributed by atoms with Crippen molar-refractivity contribution in [1.82, 2.24) is 4.72 Å². The summed E-state index contributed by atoms with van der Waals surface area (Å²) in [7, 11) is -3.50. The highest BCUT2D eigenvalue weighted by molar-refractivity contribution is 7.89. The number of hydrogen-bond donors (Lipinski definition) is 2. The largest absolute Gasteiger partial charge is 0.398 e. The Morgan fingerprint density at radius 2 is 1.71 bits per heavy atom. The van der Waals surface area contributed by atoms with E-state index in [0.29, 0.717) is 16.1 Å². The summed E-state index contributed by atoms with van der Waals surface area (Å²) >= 11 is 0. The summed E-state index contributed by atoms with van der Waals surface area (Å²) in [5, 5.41) is 0. The fourth-order valence-electron chi connectivity index (χ4n) is 1.81. The van der Waals surface area contributed by atoms with Crippen molar-refractivity contribution in [2.24, 2.45) is 0 Å². The highest BCUT2D eigenvalue weighted by Gasteiger charge is 2.22. The summed E-state index contributed by atoms with van der Waals surface area (Å²) in [6.45, 7) is 8.98. The van der Waals surface area contributed by atoms with Gasteiger partial charge in [0.15, 0.2) is 0 Å². The van der Waals surface area contributed by atoms with Gasteiger partial charge in [-0.3, -0.25) is 0 Å². The number of rotatable bonds is 3. The molecule has 0 amide bonds. The molecule has 0 radical (unpaired) electrons. The number of hydrogen-bond acceptors (Lipinski definition) is 3. The molecule has 0 atom stereocenters. The Labute approximate surface area is 103 Å². The lowest BCUT2D eigenvalue weighted by atomic mass is 10.1. The van der Waals surface area contributed by atoms with E-state index in [-0.39, 0.29) is 6.04 Å². The first kappa shape index (κ1) is 14.0. The van der Waals surface area contributed by atoms with E-state index in [0.717, 1.165) is 11.1 Å². The summed E-state index contributed by atoms with van der Waals surface area (Å²) < 4.78 is 27.0. The van der Waals surface area contributed by atoms with Gasteiger partial charge in [0, 0.05) is 11.7 Å². The zero-order valence-electron chi connectivity index (χ0n) is 11.0. The van der Waals surface area contributed by atoms with Crippen LogP contribution < -0.4 is 10.5 Å². The first-order valence-electron chi connectivity index (χ1n) is 5.55. The van der Waals surface area contributed by atoms with Crippen molar-refractivity contribution in [2.45, 2.75) is 45.6 Å². The molecule has 96 valence electrons. The third-order valence-electron chi connectivity index (χ3n) is 2.74. The van der Waals surface area contributed by atoms with E-state index >= 15 is 0 Å². The fraction of sp³-hybridized carbons (Fsp3) is 0.500. The van der Waals surface area contributed by atoms with Crippen LogP contribution in [-0.4, -0.2) is 14.5 Å². The van der Waals surface area contributed by atoms with Crippen LogP contribution in [0.15, 0.2) is 11.0 Å². The molecule has 0 aliphatic carbocycles. The van der Waals surface area contributed by atoms with Gasteiger partial charge in [-0.1, -0.05) is 0 Å². The first-order chi connectivity index (χ1) is 7.66. The van der Waals surface area contributed by atoms with Crippen LogP contribution in [0.5, 0.6) is 0 Å². The quantitative estimate of drug-likeness (QED) is 0.811. The Balaban J connectivity index is 3.51. The van der Waals surface area contributed by atoms with Gasteiger partial charge in [-0.05, 0) is 57.4 Å². The van der Waals surface area contributed by atoms with Gasteiger partial charge in [-0.25, -0.2) is 13.1 Å². The minimum atomic E-state index is -3.50. The van der Waals surface area contributed by atoms with Gasteiger partial charge in [-0.2, -0.15) is 0 Å². The van der Waals surface area contributed by atoms with Crippen molar-refractivity contribution in [1.29, 1.82) is 0 Å². The van der Waals surface area contributed by atoms with Crippen LogP contribution in [0.3, 0.4) is 0 Å². The molecule has 3 N–H and O–H groups in total. The number of aryl methyl sites for hydroxylation is 1. The van der Waals surface area contributed by atoms with Crippen LogP contribution >= 0.6 is 0 Å². The second-order valence-electron chi connectivity index (χ2n) is 4.64. The standard InChI is InChI=1S/C12H20N2O2S/c1-7(2)14-17(15,16)12-9(4)8(3)6-11(13)10(12)5/h6-7,14H,13H2,1-5H3.